The van der Waals surface area contributed by atoms with E-state index in [9.17, 15) is 13.5 Å². The first kappa shape index (κ1) is 15.7. The fraction of sp³-hybridized carbons (Fsp3) is 0.538. The molecule has 0 aliphatic carbocycles. The van der Waals surface area contributed by atoms with Crippen LogP contribution in [0.15, 0.2) is 29.2 Å². The van der Waals surface area contributed by atoms with Gasteiger partial charge in [0.05, 0.1) is 11.0 Å². The van der Waals surface area contributed by atoms with Crippen molar-refractivity contribution in [1.82, 2.24) is 9.21 Å². The summed E-state index contributed by atoms with van der Waals surface area (Å²) in [5.74, 6) is 0. The lowest BCUT2D eigenvalue weighted by Crippen LogP contribution is -2.41. The van der Waals surface area contributed by atoms with Crippen LogP contribution < -0.4 is 0 Å². The molecule has 1 heterocycles. The molecule has 2 atom stereocenters. The maximum Gasteiger partial charge on any atom is 0.243 e. The Bertz CT molecular complexity index is 559. The van der Waals surface area contributed by atoms with Gasteiger partial charge in [-0.05, 0) is 44.8 Å². The molecule has 1 aromatic carbocycles. The topological polar surface area (TPSA) is 60.9 Å². The van der Waals surface area contributed by atoms with Crippen molar-refractivity contribution >= 4 is 21.6 Å². The molecule has 1 saturated heterocycles. The smallest absolute Gasteiger partial charge is 0.243 e. The van der Waals surface area contributed by atoms with Gasteiger partial charge in [0.25, 0.3) is 0 Å². The molecule has 7 heteroatoms. The first-order valence-corrected chi connectivity index (χ1v) is 8.22. The monoisotopic (exact) mass is 318 g/mol. The van der Waals surface area contributed by atoms with E-state index in [-0.39, 0.29) is 17.5 Å². The van der Waals surface area contributed by atoms with Crippen molar-refractivity contribution < 1.29 is 13.5 Å². The Labute approximate surface area is 124 Å². The number of sulfonamides is 1. The molecule has 0 saturated carbocycles. The summed E-state index contributed by atoms with van der Waals surface area (Å²) in [5.41, 5.74) is 0. The van der Waals surface area contributed by atoms with Crippen molar-refractivity contribution in [2.75, 3.05) is 27.2 Å². The van der Waals surface area contributed by atoms with Gasteiger partial charge in [-0.3, -0.25) is 0 Å². The van der Waals surface area contributed by atoms with Crippen LogP contribution in [-0.2, 0) is 10.0 Å². The number of benzene rings is 1. The van der Waals surface area contributed by atoms with Gasteiger partial charge in [0.1, 0.15) is 0 Å². The summed E-state index contributed by atoms with van der Waals surface area (Å²) < 4.78 is 26.7. The lowest BCUT2D eigenvalue weighted by molar-refractivity contribution is 0.188. The van der Waals surface area contributed by atoms with Gasteiger partial charge in [-0.2, -0.15) is 4.31 Å². The average Bonchev–Trinajstić information content (AvgIpc) is 2.70. The zero-order valence-corrected chi connectivity index (χ0v) is 13.1. The van der Waals surface area contributed by atoms with Crippen molar-refractivity contribution in [3.05, 3.63) is 29.3 Å². The van der Waals surface area contributed by atoms with Crippen LogP contribution in [-0.4, -0.2) is 62.1 Å². The quantitative estimate of drug-likeness (QED) is 0.900. The van der Waals surface area contributed by atoms with E-state index in [0.717, 1.165) is 0 Å². The van der Waals surface area contributed by atoms with E-state index >= 15 is 0 Å². The Balaban J connectivity index is 2.29. The van der Waals surface area contributed by atoms with E-state index in [0.29, 0.717) is 18.0 Å². The molecular weight excluding hydrogens is 300 g/mol. The molecule has 1 fully saturated rings. The minimum Gasteiger partial charge on any atom is -0.392 e. The zero-order valence-electron chi connectivity index (χ0n) is 11.5. The van der Waals surface area contributed by atoms with Crippen LogP contribution in [0.1, 0.15) is 6.42 Å². The lowest BCUT2D eigenvalue weighted by Gasteiger charge is -2.26. The largest absolute Gasteiger partial charge is 0.392 e. The summed E-state index contributed by atoms with van der Waals surface area (Å²) >= 11 is 5.79. The number of hydrogen-bond acceptors (Lipinski definition) is 4. The fourth-order valence-electron chi connectivity index (χ4n) is 2.49. The molecule has 112 valence electrons. The van der Waals surface area contributed by atoms with Crippen LogP contribution in [0, 0.1) is 0 Å². The van der Waals surface area contributed by atoms with Crippen molar-refractivity contribution in [2.45, 2.75) is 23.5 Å². The summed E-state index contributed by atoms with van der Waals surface area (Å²) in [6.45, 7) is 0.730. The minimum absolute atomic E-state index is 0.142. The molecule has 0 aromatic heterocycles. The molecule has 1 aliphatic heterocycles. The Morgan fingerprint density at radius 2 is 1.95 bits per heavy atom. The summed E-state index contributed by atoms with van der Waals surface area (Å²) in [6.07, 6.45) is -0.146. The molecule has 2 unspecified atom stereocenters. The molecule has 1 aromatic rings. The maximum atomic E-state index is 12.6. The third-order valence-electron chi connectivity index (χ3n) is 3.34. The highest BCUT2D eigenvalue weighted by molar-refractivity contribution is 7.89. The van der Waals surface area contributed by atoms with E-state index in [1.165, 1.54) is 16.4 Å². The second kappa shape index (κ2) is 5.99. The second-order valence-electron chi connectivity index (χ2n) is 5.33. The van der Waals surface area contributed by atoms with Gasteiger partial charge >= 0.3 is 0 Å². The number of likely N-dealkylation sites (N-methyl/N-ethyl adjacent to an activating group) is 1. The molecule has 1 aliphatic rings. The van der Waals surface area contributed by atoms with Gasteiger partial charge in [-0.1, -0.05) is 11.6 Å². The highest BCUT2D eigenvalue weighted by Crippen LogP contribution is 2.27. The predicted molar refractivity (Wildman–Crippen MR) is 78.3 cm³/mol. The predicted octanol–water partition coefficient (Wildman–Crippen LogP) is 1.03. The Hall–Kier alpha value is -0.660. The number of nitrogens with zero attached hydrogens (tertiary/aromatic N) is 2. The molecule has 0 amide bonds. The number of aliphatic hydroxyl groups is 1. The standard InChI is InChI=1S/C13H19ClN2O3S/c1-15(2)8-11-7-12(17)9-16(11)20(18,19)13-5-3-10(14)4-6-13/h3-6,11-12,17H,7-9H2,1-2H3. The highest BCUT2D eigenvalue weighted by atomic mass is 35.5. The minimum atomic E-state index is -3.60. The molecule has 5 nitrogen and oxygen atoms in total. The van der Waals surface area contributed by atoms with Gasteiger partial charge in [-0.25, -0.2) is 8.42 Å². The van der Waals surface area contributed by atoms with Crippen molar-refractivity contribution in [1.29, 1.82) is 0 Å². The van der Waals surface area contributed by atoms with E-state index < -0.39 is 16.1 Å². The van der Waals surface area contributed by atoms with Gasteiger partial charge in [0.15, 0.2) is 0 Å². The van der Waals surface area contributed by atoms with Gasteiger partial charge < -0.3 is 10.0 Å². The van der Waals surface area contributed by atoms with Gasteiger partial charge in [-0.15, -0.1) is 0 Å². The molecule has 1 N–H and O–H groups in total. The van der Waals surface area contributed by atoms with E-state index in [1.54, 1.807) is 12.1 Å². The van der Waals surface area contributed by atoms with Crippen LogP contribution in [0.5, 0.6) is 0 Å². The molecular formula is C13H19ClN2O3S. The summed E-state index contributed by atoms with van der Waals surface area (Å²) in [5, 5.41) is 10.3. The van der Waals surface area contributed by atoms with E-state index in [4.69, 9.17) is 11.6 Å². The van der Waals surface area contributed by atoms with Crippen LogP contribution in [0.25, 0.3) is 0 Å². The summed E-state index contributed by atoms with van der Waals surface area (Å²) in [4.78, 5) is 2.13. The normalized spacial score (nSPS) is 24.4. The summed E-state index contributed by atoms with van der Waals surface area (Å²) in [7, 11) is 0.178. The molecule has 2 rings (SSSR count). The molecule has 0 bridgehead atoms. The van der Waals surface area contributed by atoms with E-state index in [2.05, 4.69) is 0 Å². The molecule has 20 heavy (non-hydrogen) atoms. The first-order chi connectivity index (χ1) is 9.30. The van der Waals surface area contributed by atoms with Crippen molar-refractivity contribution in [3.8, 4) is 0 Å². The lowest BCUT2D eigenvalue weighted by atomic mass is 10.2. The number of aliphatic hydroxyl groups excluding tert-OH is 1. The average molecular weight is 319 g/mol. The second-order valence-corrected chi connectivity index (χ2v) is 7.66. The number of β-amino-alcohol motifs (C(OH)–C–C–N with tert-alkyl or cyclic N) is 1. The zero-order chi connectivity index (χ0) is 14.9. The Morgan fingerprint density at radius 3 is 2.50 bits per heavy atom. The number of hydrogen-bond donors (Lipinski definition) is 1. The van der Waals surface area contributed by atoms with Crippen molar-refractivity contribution in [2.24, 2.45) is 0 Å². The van der Waals surface area contributed by atoms with Crippen LogP contribution in [0.4, 0.5) is 0 Å². The van der Waals surface area contributed by atoms with Gasteiger partial charge in [0.2, 0.25) is 10.0 Å². The molecule has 0 radical (unpaired) electrons. The molecule has 0 spiro atoms. The summed E-state index contributed by atoms with van der Waals surface area (Å²) in [6, 6.07) is 5.90. The third kappa shape index (κ3) is 3.32. The number of rotatable bonds is 4. The van der Waals surface area contributed by atoms with Gasteiger partial charge in [0, 0.05) is 24.2 Å². The van der Waals surface area contributed by atoms with Crippen molar-refractivity contribution in [3.63, 3.8) is 0 Å². The van der Waals surface area contributed by atoms with Crippen LogP contribution >= 0.6 is 11.6 Å². The first-order valence-electron chi connectivity index (χ1n) is 6.41. The SMILES string of the molecule is CN(C)CC1CC(O)CN1S(=O)(=O)c1ccc(Cl)cc1. The van der Waals surface area contributed by atoms with Crippen LogP contribution in [0.3, 0.4) is 0 Å². The fourth-order valence-corrected chi connectivity index (χ4v) is 4.28. The van der Waals surface area contributed by atoms with Crippen LogP contribution in [0.2, 0.25) is 5.02 Å². The number of halogens is 1. The maximum absolute atomic E-state index is 12.6. The Morgan fingerprint density at radius 1 is 1.35 bits per heavy atom. The third-order valence-corrected chi connectivity index (χ3v) is 5.52. The van der Waals surface area contributed by atoms with E-state index in [1.807, 2.05) is 19.0 Å². The Kier molecular flexibility index (Phi) is 4.71. The highest BCUT2D eigenvalue weighted by Gasteiger charge is 2.39.